The molecule has 1 aromatic rings. The largest absolute Gasteiger partial charge is 0.492 e. The molecule has 0 amide bonds. The molecule has 20 heavy (non-hydrogen) atoms. The standard InChI is InChI=1S/C17H28N2O/c1-2-19(17-11-7-6-8-15(17)14-18)12-13-20-16-9-4-3-5-10-16/h3-5,9-10,15,17H,2,6-8,11-14,18H2,1H3. The van der Waals surface area contributed by atoms with E-state index in [0.717, 1.165) is 32.0 Å². The predicted molar refractivity (Wildman–Crippen MR) is 84.0 cm³/mol. The Morgan fingerprint density at radius 2 is 1.95 bits per heavy atom. The third kappa shape index (κ3) is 4.22. The number of nitrogens with zero attached hydrogens (tertiary/aromatic N) is 1. The molecule has 3 nitrogen and oxygen atoms in total. The second-order valence-corrected chi connectivity index (χ2v) is 5.64. The Kier molecular flexibility index (Phi) is 6.34. The minimum atomic E-state index is 0.651. The summed E-state index contributed by atoms with van der Waals surface area (Å²) >= 11 is 0. The van der Waals surface area contributed by atoms with E-state index < -0.39 is 0 Å². The molecule has 0 spiro atoms. The van der Waals surface area contributed by atoms with Crippen LogP contribution in [0.4, 0.5) is 0 Å². The number of nitrogens with two attached hydrogens (primary N) is 1. The normalized spacial score (nSPS) is 22.9. The highest BCUT2D eigenvalue weighted by Gasteiger charge is 2.28. The van der Waals surface area contributed by atoms with Gasteiger partial charge in [-0.05, 0) is 44.0 Å². The van der Waals surface area contributed by atoms with Gasteiger partial charge in [0.05, 0.1) is 0 Å². The SMILES string of the molecule is CCN(CCOc1ccccc1)C1CCCCC1CN. The molecule has 1 fully saturated rings. The zero-order chi connectivity index (χ0) is 14.2. The predicted octanol–water partition coefficient (Wildman–Crippen LogP) is 2.90. The van der Waals surface area contributed by atoms with Crippen LogP contribution in [0.15, 0.2) is 30.3 Å². The van der Waals surface area contributed by atoms with Gasteiger partial charge >= 0.3 is 0 Å². The van der Waals surface area contributed by atoms with Crippen LogP contribution in [0.3, 0.4) is 0 Å². The summed E-state index contributed by atoms with van der Waals surface area (Å²) in [5.74, 6) is 1.63. The summed E-state index contributed by atoms with van der Waals surface area (Å²) in [7, 11) is 0. The second-order valence-electron chi connectivity index (χ2n) is 5.64. The molecular formula is C17H28N2O. The molecule has 2 atom stereocenters. The van der Waals surface area contributed by atoms with Crippen LogP contribution in [-0.2, 0) is 0 Å². The van der Waals surface area contributed by atoms with E-state index in [4.69, 9.17) is 10.5 Å². The first-order valence-corrected chi connectivity index (χ1v) is 7.97. The zero-order valence-electron chi connectivity index (χ0n) is 12.6. The highest BCUT2D eigenvalue weighted by Crippen LogP contribution is 2.27. The molecule has 0 bridgehead atoms. The van der Waals surface area contributed by atoms with Crippen molar-refractivity contribution in [2.24, 2.45) is 11.7 Å². The lowest BCUT2D eigenvalue weighted by Gasteiger charge is -2.39. The molecule has 0 saturated heterocycles. The average Bonchev–Trinajstić information content (AvgIpc) is 2.53. The van der Waals surface area contributed by atoms with E-state index in [1.807, 2.05) is 30.3 Å². The van der Waals surface area contributed by atoms with Gasteiger partial charge in [-0.15, -0.1) is 0 Å². The van der Waals surface area contributed by atoms with Crippen LogP contribution < -0.4 is 10.5 Å². The Morgan fingerprint density at radius 3 is 2.65 bits per heavy atom. The van der Waals surface area contributed by atoms with E-state index in [1.165, 1.54) is 25.7 Å². The van der Waals surface area contributed by atoms with Crippen molar-refractivity contribution in [3.8, 4) is 5.75 Å². The summed E-state index contributed by atoms with van der Waals surface area (Å²) in [4.78, 5) is 2.56. The van der Waals surface area contributed by atoms with E-state index in [2.05, 4.69) is 11.8 Å². The lowest BCUT2D eigenvalue weighted by atomic mass is 9.83. The van der Waals surface area contributed by atoms with Crippen molar-refractivity contribution >= 4 is 0 Å². The number of hydrogen-bond donors (Lipinski definition) is 1. The van der Waals surface area contributed by atoms with Crippen molar-refractivity contribution in [2.45, 2.75) is 38.6 Å². The molecule has 1 aliphatic carbocycles. The van der Waals surface area contributed by atoms with Gasteiger partial charge in [-0.25, -0.2) is 0 Å². The van der Waals surface area contributed by atoms with Gasteiger partial charge in [-0.2, -0.15) is 0 Å². The number of ether oxygens (including phenoxy) is 1. The molecule has 1 aromatic carbocycles. The van der Waals surface area contributed by atoms with Crippen LogP contribution >= 0.6 is 0 Å². The van der Waals surface area contributed by atoms with E-state index in [9.17, 15) is 0 Å². The minimum absolute atomic E-state index is 0.651. The fraction of sp³-hybridized carbons (Fsp3) is 0.647. The fourth-order valence-corrected chi connectivity index (χ4v) is 3.30. The lowest BCUT2D eigenvalue weighted by molar-refractivity contribution is 0.0958. The second kappa shape index (κ2) is 8.28. The topological polar surface area (TPSA) is 38.5 Å². The average molecular weight is 276 g/mol. The molecule has 0 heterocycles. The zero-order valence-corrected chi connectivity index (χ0v) is 12.6. The van der Waals surface area contributed by atoms with Crippen molar-refractivity contribution in [3.63, 3.8) is 0 Å². The Labute approximate surface area is 123 Å². The van der Waals surface area contributed by atoms with E-state index in [1.54, 1.807) is 0 Å². The summed E-state index contributed by atoms with van der Waals surface area (Å²) in [5.41, 5.74) is 5.95. The molecule has 0 radical (unpaired) electrons. The van der Waals surface area contributed by atoms with Gasteiger partial charge in [-0.1, -0.05) is 38.0 Å². The van der Waals surface area contributed by atoms with Gasteiger partial charge in [0, 0.05) is 12.6 Å². The summed E-state index contributed by atoms with van der Waals surface area (Å²) in [6.45, 7) is 5.89. The van der Waals surface area contributed by atoms with E-state index >= 15 is 0 Å². The van der Waals surface area contributed by atoms with Crippen molar-refractivity contribution in [3.05, 3.63) is 30.3 Å². The van der Waals surface area contributed by atoms with Crippen molar-refractivity contribution in [1.82, 2.24) is 4.90 Å². The number of rotatable bonds is 7. The van der Waals surface area contributed by atoms with Gasteiger partial charge in [-0.3, -0.25) is 4.90 Å². The van der Waals surface area contributed by atoms with Crippen LogP contribution in [-0.4, -0.2) is 37.2 Å². The van der Waals surface area contributed by atoms with Gasteiger partial charge < -0.3 is 10.5 Å². The summed E-state index contributed by atoms with van der Waals surface area (Å²) in [5, 5.41) is 0. The summed E-state index contributed by atoms with van der Waals surface area (Å²) in [6.07, 6.45) is 5.27. The quantitative estimate of drug-likeness (QED) is 0.832. The first kappa shape index (κ1) is 15.3. The molecule has 1 saturated carbocycles. The molecule has 1 aliphatic rings. The molecule has 0 aromatic heterocycles. The molecule has 2 unspecified atom stereocenters. The van der Waals surface area contributed by atoms with Crippen LogP contribution in [0, 0.1) is 5.92 Å². The Hall–Kier alpha value is -1.06. The highest BCUT2D eigenvalue weighted by atomic mass is 16.5. The molecule has 0 aliphatic heterocycles. The first-order valence-electron chi connectivity index (χ1n) is 7.97. The monoisotopic (exact) mass is 276 g/mol. The van der Waals surface area contributed by atoms with E-state index in [0.29, 0.717) is 12.0 Å². The number of benzene rings is 1. The Bertz CT molecular complexity index is 369. The van der Waals surface area contributed by atoms with Crippen LogP contribution in [0.1, 0.15) is 32.6 Å². The van der Waals surface area contributed by atoms with Crippen molar-refractivity contribution in [2.75, 3.05) is 26.2 Å². The van der Waals surface area contributed by atoms with Gasteiger partial charge in [0.2, 0.25) is 0 Å². The van der Waals surface area contributed by atoms with Gasteiger partial charge in [0.15, 0.2) is 0 Å². The number of hydrogen-bond acceptors (Lipinski definition) is 3. The van der Waals surface area contributed by atoms with Crippen LogP contribution in [0.2, 0.25) is 0 Å². The molecule has 2 rings (SSSR count). The molecular weight excluding hydrogens is 248 g/mol. The fourth-order valence-electron chi connectivity index (χ4n) is 3.30. The highest BCUT2D eigenvalue weighted by molar-refractivity contribution is 5.20. The third-order valence-electron chi connectivity index (χ3n) is 4.44. The smallest absolute Gasteiger partial charge is 0.119 e. The minimum Gasteiger partial charge on any atom is -0.492 e. The van der Waals surface area contributed by atoms with Crippen molar-refractivity contribution < 1.29 is 4.74 Å². The Balaban J connectivity index is 1.82. The third-order valence-corrected chi connectivity index (χ3v) is 4.44. The summed E-state index contributed by atoms with van der Waals surface area (Å²) < 4.78 is 5.83. The molecule has 112 valence electrons. The maximum atomic E-state index is 5.95. The van der Waals surface area contributed by atoms with Crippen LogP contribution in [0.25, 0.3) is 0 Å². The maximum absolute atomic E-state index is 5.95. The lowest BCUT2D eigenvalue weighted by Crippen LogP contribution is -2.46. The molecule has 3 heteroatoms. The summed E-state index contributed by atoms with van der Waals surface area (Å²) in [6, 6.07) is 10.7. The maximum Gasteiger partial charge on any atom is 0.119 e. The van der Waals surface area contributed by atoms with Gasteiger partial charge in [0.1, 0.15) is 12.4 Å². The number of para-hydroxylation sites is 1. The van der Waals surface area contributed by atoms with Gasteiger partial charge in [0.25, 0.3) is 0 Å². The number of likely N-dealkylation sites (N-methyl/N-ethyl adjacent to an activating group) is 1. The Morgan fingerprint density at radius 1 is 1.20 bits per heavy atom. The molecule has 2 N–H and O–H groups in total. The van der Waals surface area contributed by atoms with Crippen molar-refractivity contribution in [1.29, 1.82) is 0 Å². The van der Waals surface area contributed by atoms with E-state index in [-0.39, 0.29) is 0 Å². The first-order chi connectivity index (χ1) is 9.85. The van der Waals surface area contributed by atoms with Crippen LogP contribution in [0.5, 0.6) is 5.75 Å².